The van der Waals surface area contributed by atoms with Crippen LogP contribution in [-0.4, -0.2) is 44.3 Å². The van der Waals surface area contributed by atoms with Gasteiger partial charge in [0.15, 0.2) is 5.78 Å². The van der Waals surface area contributed by atoms with Gasteiger partial charge >= 0.3 is 6.55 Å². The lowest BCUT2D eigenvalue weighted by molar-refractivity contribution is 0.0560. The first kappa shape index (κ1) is 20.5. The van der Waals surface area contributed by atoms with E-state index in [2.05, 4.69) is 5.10 Å². The number of pyridine rings is 1. The molecule has 3 aromatic heterocycles. The predicted molar refractivity (Wildman–Crippen MR) is 105 cm³/mol. The first-order valence-corrected chi connectivity index (χ1v) is 10.0. The van der Waals surface area contributed by atoms with Gasteiger partial charge in [-0.05, 0) is 32.8 Å². The van der Waals surface area contributed by atoms with Gasteiger partial charge in [-0.1, -0.05) is 0 Å². The van der Waals surface area contributed by atoms with Crippen molar-refractivity contribution in [3.05, 3.63) is 47.7 Å². The molecule has 4 rings (SSSR count). The minimum Gasteiger partial charge on any atom is -0.491 e. The minimum absolute atomic E-state index is 0.000537. The monoisotopic (exact) mass is 418 g/mol. The van der Waals surface area contributed by atoms with E-state index < -0.39 is 6.55 Å². The van der Waals surface area contributed by atoms with Gasteiger partial charge in [-0.15, -0.1) is 0 Å². The first-order chi connectivity index (χ1) is 14.4. The third-order valence-corrected chi connectivity index (χ3v) is 5.10. The number of nitrogens with zero attached hydrogens (tertiary/aromatic N) is 4. The number of halogens is 2. The average Bonchev–Trinajstić information content (AvgIpc) is 3.35. The summed E-state index contributed by atoms with van der Waals surface area (Å²) in [6.07, 6.45) is 6.65. The maximum Gasteiger partial charge on any atom is 0.333 e. The Bertz CT molecular complexity index is 1040. The number of Topliss-reactive ketones (excluding diaryl/α,β-unsaturated/α-hetero) is 1. The smallest absolute Gasteiger partial charge is 0.333 e. The number of aromatic nitrogens is 4. The highest BCUT2D eigenvalue weighted by Gasteiger charge is 2.21. The van der Waals surface area contributed by atoms with Gasteiger partial charge in [0.1, 0.15) is 17.1 Å². The fourth-order valence-electron chi connectivity index (χ4n) is 3.62. The molecule has 0 bridgehead atoms. The highest BCUT2D eigenvalue weighted by atomic mass is 19.3. The second kappa shape index (κ2) is 8.51. The molecule has 0 saturated carbocycles. The minimum atomic E-state index is -2.78. The number of carbonyl (C=O) groups is 1. The number of rotatable bonds is 7. The Morgan fingerprint density at radius 1 is 1.30 bits per heavy atom. The molecule has 1 aliphatic heterocycles. The maximum absolute atomic E-state index is 12.8. The van der Waals surface area contributed by atoms with Crippen LogP contribution in [0.4, 0.5) is 8.78 Å². The second-order valence-electron chi connectivity index (χ2n) is 7.71. The molecule has 0 N–H and O–H groups in total. The Balaban J connectivity index is 1.64. The summed E-state index contributed by atoms with van der Waals surface area (Å²) in [5.74, 6) is 0.548. The van der Waals surface area contributed by atoms with Crippen LogP contribution in [0.15, 0.2) is 30.7 Å². The Labute approximate surface area is 172 Å². The highest BCUT2D eigenvalue weighted by Crippen LogP contribution is 2.29. The summed E-state index contributed by atoms with van der Waals surface area (Å²) in [6, 6.07) is 3.12. The molecule has 3 aromatic rings. The fraction of sp³-hybridized carbons (Fsp3) is 0.476. The van der Waals surface area contributed by atoms with Crippen LogP contribution < -0.4 is 4.74 Å². The molecule has 0 aliphatic carbocycles. The zero-order valence-corrected chi connectivity index (χ0v) is 16.9. The molecule has 1 fully saturated rings. The van der Waals surface area contributed by atoms with Crippen molar-refractivity contribution >= 4 is 11.4 Å². The average molecular weight is 418 g/mol. The lowest BCUT2D eigenvalue weighted by Crippen LogP contribution is -2.14. The molecule has 7 nitrogen and oxygen atoms in total. The predicted octanol–water partition coefficient (Wildman–Crippen LogP) is 4.03. The zero-order valence-electron chi connectivity index (χ0n) is 16.9. The number of ether oxygens (including phenoxy) is 2. The number of carbonyl (C=O) groups excluding carboxylic acids is 1. The summed E-state index contributed by atoms with van der Waals surface area (Å²) in [5.41, 5.74) is 2.39. The van der Waals surface area contributed by atoms with Crippen LogP contribution in [0, 0.1) is 0 Å². The van der Waals surface area contributed by atoms with E-state index in [0.29, 0.717) is 21.9 Å². The molecule has 1 saturated heterocycles. The van der Waals surface area contributed by atoms with Crippen LogP contribution in [0.25, 0.3) is 5.65 Å². The summed E-state index contributed by atoms with van der Waals surface area (Å²) in [7, 11) is 0. The number of ketones is 1. The summed E-state index contributed by atoms with van der Waals surface area (Å²) < 4.78 is 39.2. The highest BCUT2D eigenvalue weighted by molar-refractivity contribution is 5.96. The van der Waals surface area contributed by atoms with Crippen molar-refractivity contribution in [2.75, 3.05) is 13.2 Å². The number of hydrogen-bond donors (Lipinski definition) is 0. The summed E-state index contributed by atoms with van der Waals surface area (Å²) in [5, 5.41) is 3.67. The van der Waals surface area contributed by atoms with E-state index in [1.807, 2.05) is 36.7 Å². The van der Waals surface area contributed by atoms with Gasteiger partial charge in [-0.25, -0.2) is 9.67 Å². The van der Waals surface area contributed by atoms with Crippen molar-refractivity contribution in [1.29, 1.82) is 0 Å². The van der Waals surface area contributed by atoms with Crippen LogP contribution in [0.2, 0.25) is 0 Å². The fourth-order valence-corrected chi connectivity index (χ4v) is 3.62. The Morgan fingerprint density at radius 2 is 2.07 bits per heavy atom. The van der Waals surface area contributed by atoms with Crippen LogP contribution in [-0.2, 0) is 11.2 Å². The van der Waals surface area contributed by atoms with Crippen molar-refractivity contribution in [2.45, 2.75) is 51.7 Å². The van der Waals surface area contributed by atoms with Crippen LogP contribution in [0.1, 0.15) is 60.9 Å². The van der Waals surface area contributed by atoms with Crippen molar-refractivity contribution < 1.29 is 23.0 Å². The molecule has 0 radical (unpaired) electrons. The molecule has 0 aromatic carbocycles. The van der Waals surface area contributed by atoms with Gasteiger partial charge in [0.05, 0.1) is 11.8 Å². The second-order valence-corrected chi connectivity index (χ2v) is 7.71. The van der Waals surface area contributed by atoms with E-state index in [0.717, 1.165) is 43.6 Å². The van der Waals surface area contributed by atoms with E-state index in [1.165, 1.54) is 6.07 Å². The van der Waals surface area contributed by atoms with Crippen LogP contribution in [0.5, 0.6) is 5.75 Å². The molecule has 0 spiro atoms. The van der Waals surface area contributed by atoms with E-state index in [4.69, 9.17) is 14.5 Å². The number of alkyl halides is 2. The summed E-state index contributed by atoms with van der Waals surface area (Å²) in [6.45, 7) is 2.48. The molecule has 30 heavy (non-hydrogen) atoms. The SMILES string of the molecule is CC(C)Oc1cc2nc(C3CCOCC3)cn2cc1CC(=O)c1ccn(C(F)F)n1. The van der Waals surface area contributed by atoms with Gasteiger partial charge in [0, 0.05) is 55.8 Å². The standard InChI is InChI=1S/C21H24F2N4O3/c1-13(2)30-19-10-20-24-17(14-4-7-29-8-5-14)12-26(20)11-15(19)9-18(28)16-3-6-27(25-16)21(22)23/h3,6,10-14,21H,4-5,7-9H2,1-2H3. The van der Waals surface area contributed by atoms with Gasteiger partial charge < -0.3 is 13.9 Å². The molecule has 9 heteroatoms. The molecule has 160 valence electrons. The molecular weight excluding hydrogens is 394 g/mol. The van der Waals surface area contributed by atoms with E-state index in [-0.39, 0.29) is 24.0 Å². The molecule has 1 aliphatic rings. The lowest BCUT2D eigenvalue weighted by Gasteiger charge is -2.19. The van der Waals surface area contributed by atoms with E-state index in [9.17, 15) is 13.6 Å². The van der Waals surface area contributed by atoms with Crippen LogP contribution >= 0.6 is 0 Å². The number of imidazole rings is 1. The van der Waals surface area contributed by atoms with E-state index in [1.54, 1.807) is 0 Å². The van der Waals surface area contributed by atoms with Gasteiger partial charge in [0.25, 0.3) is 0 Å². The van der Waals surface area contributed by atoms with Crippen molar-refractivity contribution in [3.63, 3.8) is 0 Å². The zero-order chi connectivity index (χ0) is 21.3. The molecule has 0 amide bonds. The van der Waals surface area contributed by atoms with Gasteiger partial charge in [-0.3, -0.25) is 4.79 Å². The molecule has 0 atom stereocenters. The van der Waals surface area contributed by atoms with Crippen LogP contribution in [0.3, 0.4) is 0 Å². The Morgan fingerprint density at radius 3 is 2.73 bits per heavy atom. The van der Waals surface area contributed by atoms with E-state index >= 15 is 0 Å². The first-order valence-electron chi connectivity index (χ1n) is 10.0. The van der Waals surface area contributed by atoms with Gasteiger partial charge in [0.2, 0.25) is 0 Å². The number of hydrogen-bond acceptors (Lipinski definition) is 5. The van der Waals surface area contributed by atoms with Crippen molar-refractivity contribution in [2.24, 2.45) is 0 Å². The molecule has 0 unspecified atom stereocenters. The Kier molecular flexibility index (Phi) is 5.80. The number of fused-ring (bicyclic) bond motifs is 1. The quantitative estimate of drug-likeness (QED) is 0.542. The van der Waals surface area contributed by atoms with Gasteiger partial charge in [-0.2, -0.15) is 13.9 Å². The Hall–Kier alpha value is -2.81. The summed E-state index contributed by atoms with van der Waals surface area (Å²) in [4.78, 5) is 17.4. The van der Waals surface area contributed by atoms with Crippen molar-refractivity contribution in [1.82, 2.24) is 19.2 Å². The largest absolute Gasteiger partial charge is 0.491 e. The van der Waals surface area contributed by atoms with Crippen molar-refractivity contribution in [3.8, 4) is 5.75 Å². The molecule has 4 heterocycles. The maximum atomic E-state index is 12.8. The third kappa shape index (κ3) is 4.35. The topological polar surface area (TPSA) is 70.7 Å². The normalized spacial score (nSPS) is 15.4. The molecular formula is C21H24F2N4O3. The summed E-state index contributed by atoms with van der Waals surface area (Å²) >= 11 is 0. The third-order valence-electron chi connectivity index (χ3n) is 5.10. The lowest BCUT2D eigenvalue weighted by atomic mass is 9.97.